The number of anilines is 1. The third-order valence-corrected chi connectivity index (χ3v) is 6.04. The molecule has 0 saturated carbocycles. The van der Waals surface area contributed by atoms with Crippen LogP contribution in [-0.4, -0.2) is 41.6 Å². The van der Waals surface area contributed by atoms with Gasteiger partial charge in [-0.05, 0) is 49.1 Å². The molecule has 0 radical (unpaired) electrons. The summed E-state index contributed by atoms with van der Waals surface area (Å²) in [6.07, 6.45) is 9.57. The summed E-state index contributed by atoms with van der Waals surface area (Å²) < 4.78 is 6.20. The Bertz CT molecular complexity index is 1050. The summed E-state index contributed by atoms with van der Waals surface area (Å²) in [6, 6.07) is 14.0. The van der Waals surface area contributed by atoms with Gasteiger partial charge in [-0.25, -0.2) is 9.97 Å². The van der Waals surface area contributed by atoms with E-state index in [0.717, 1.165) is 42.0 Å². The quantitative estimate of drug-likeness (QED) is 0.687. The summed E-state index contributed by atoms with van der Waals surface area (Å²) in [5, 5.41) is 3.03. The van der Waals surface area contributed by atoms with Crippen molar-refractivity contribution < 1.29 is 9.53 Å². The Morgan fingerprint density at radius 2 is 1.81 bits per heavy atom. The summed E-state index contributed by atoms with van der Waals surface area (Å²) in [5.74, 6) is 0.795. The highest BCUT2D eigenvalue weighted by atomic mass is 16.5. The fraction of sp³-hybridized carbons (Fsp3) is 0.320. The lowest BCUT2D eigenvalue weighted by Gasteiger charge is -2.28. The normalized spacial score (nSPS) is 17.7. The van der Waals surface area contributed by atoms with Gasteiger partial charge in [0, 0.05) is 54.3 Å². The van der Waals surface area contributed by atoms with E-state index in [0.29, 0.717) is 12.1 Å². The Kier molecular flexibility index (Phi) is 5.52. The van der Waals surface area contributed by atoms with E-state index in [-0.39, 0.29) is 12.0 Å². The van der Waals surface area contributed by atoms with Crippen LogP contribution in [0.2, 0.25) is 0 Å². The zero-order valence-electron chi connectivity index (χ0n) is 17.5. The maximum Gasteiger partial charge on any atom is 0.251 e. The molecular weight excluding hydrogens is 388 g/mol. The van der Waals surface area contributed by atoms with Gasteiger partial charge < -0.3 is 15.0 Å². The van der Waals surface area contributed by atoms with Gasteiger partial charge in [-0.2, -0.15) is 0 Å². The largest absolute Gasteiger partial charge is 0.487 e. The Labute approximate surface area is 182 Å². The second kappa shape index (κ2) is 8.76. The molecule has 0 spiro atoms. The molecule has 1 fully saturated rings. The molecule has 1 aromatic heterocycles. The minimum Gasteiger partial charge on any atom is -0.487 e. The van der Waals surface area contributed by atoms with E-state index >= 15 is 0 Å². The van der Waals surface area contributed by atoms with Crippen LogP contribution in [0.1, 0.15) is 35.2 Å². The highest BCUT2D eigenvalue weighted by Crippen LogP contribution is 2.38. The number of para-hydroxylation sites is 1. The molecule has 6 nitrogen and oxygen atoms in total. The topological polar surface area (TPSA) is 67.3 Å². The van der Waals surface area contributed by atoms with Crippen LogP contribution in [0.25, 0.3) is 11.1 Å². The summed E-state index contributed by atoms with van der Waals surface area (Å²) in [7, 11) is 0. The molecule has 1 saturated heterocycles. The van der Waals surface area contributed by atoms with E-state index in [1.54, 1.807) is 12.4 Å². The number of hydrogen-bond acceptors (Lipinski definition) is 5. The van der Waals surface area contributed by atoms with E-state index in [9.17, 15) is 4.79 Å². The Morgan fingerprint density at radius 3 is 2.58 bits per heavy atom. The van der Waals surface area contributed by atoms with Gasteiger partial charge in [0.1, 0.15) is 18.2 Å². The van der Waals surface area contributed by atoms with Crippen LogP contribution in [0.15, 0.2) is 61.2 Å². The maximum absolute atomic E-state index is 12.7. The van der Waals surface area contributed by atoms with Crippen molar-refractivity contribution in [2.45, 2.75) is 31.8 Å². The minimum atomic E-state index is -0.0858. The van der Waals surface area contributed by atoms with Crippen LogP contribution in [0, 0.1) is 0 Å². The number of nitrogens with zero attached hydrogens (tertiary/aromatic N) is 3. The number of nitrogens with one attached hydrogen (secondary N) is 1. The van der Waals surface area contributed by atoms with E-state index in [4.69, 9.17) is 4.74 Å². The zero-order valence-corrected chi connectivity index (χ0v) is 17.5. The standard InChI is InChI=1S/C25H26N4O2/c30-25(18-7-9-21(10-8-18)29-11-2-1-3-12-29)28-16-22-13-19-5-4-6-23(24(19)31-22)20-14-26-17-27-15-20/h4-10,14-15,17,22H,1-3,11-13,16H2,(H,28,30). The number of hydrogen-bond donors (Lipinski definition) is 1. The third-order valence-electron chi connectivity index (χ3n) is 6.04. The van der Waals surface area contributed by atoms with E-state index in [1.165, 1.54) is 31.3 Å². The molecule has 158 valence electrons. The first-order chi connectivity index (χ1) is 15.3. The predicted octanol–water partition coefficient (Wildman–Crippen LogP) is 3.87. The summed E-state index contributed by atoms with van der Waals surface area (Å²) in [4.78, 5) is 23.3. The number of aromatic nitrogens is 2. The zero-order chi connectivity index (χ0) is 21.0. The lowest BCUT2D eigenvalue weighted by Crippen LogP contribution is -2.34. The molecule has 0 aliphatic carbocycles. The summed E-state index contributed by atoms with van der Waals surface area (Å²) in [6.45, 7) is 2.66. The van der Waals surface area contributed by atoms with Crippen LogP contribution in [-0.2, 0) is 6.42 Å². The average molecular weight is 415 g/mol. The molecular formula is C25H26N4O2. The van der Waals surface area contributed by atoms with Gasteiger partial charge in [-0.3, -0.25) is 4.79 Å². The molecule has 3 heterocycles. The molecule has 0 bridgehead atoms. The van der Waals surface area contributed by atoms with Gasteiger partial charge in [-0.1, -0.05) is 18.2 Å². The third kappa shape index (κ3) is 4.24. The number of carbonyl (C=O) groups is 1. The average Bonchev–Trinajstić information content (AvgIpc) is 3.27. The number of rotatable bonds is 5. The first-order valence-electron chi connectivity index (χ1n) is 10.9. The van der Waals surface area contributed by atoms with Crippen LogP contribution in [0.4, 0.5) is 5.69 Å². The molecule has 5 rings (SSSR count). The molecule has 1 atom stereocenters. The van der Waals surface area contributed by atoms with E-state index in [2.05, 4.69) is 38.4 Å². The second-order valence-electron chi connectivity index (χ2n) is 8.17. The van der Waals surface area contributed by atoms with Crippen molar-refractivity contribution in [1.82, 2.24) is 15.3 Å². The highest BCUT2D eigenvalue weighted by Gasteiger charge is 2.26. The van der Waals surface area contributed by atoms with Gasteiger partial charge in [-0.15, -0.1) is 0 Å². The molecule has 2 aliphatic heterocycles. The number of fused-ring (bicyclic) bond motifs is 1. The van der Waals surface area contributed by atoms with Gasteiger partial charge in [0.25, 0.3) is 5.91 Å². The fourth-order valence-corrected chi connectivity index (χ4v) is 4.40. The fourth-order valence-electron chi connectivity index (χ4n) is 4.40. The van der Waals surface area contributed by atoms with Crippen molar-refractivity contribution in [3.05, 3.63) is 72.3 Å². The maximum atomic E-state index is 12.7. The molecule has 1 N–H and O–H groups in total. The number of amides is 1. The van der Waals surface area contributed by atoms with Crippen LogP contribution in [0.5, 0.6) is 5.75 Å². The van der Waals surface area contributed by atoms with Crippen molar-refractivity contribution >= 4 is 11.6 Å². The van der Waals surface area contributed by atoms with Crippen LogP contribution in [0.3, 0.4) is 0 Å². The molecule has 2 aliphatic rings. The smallest absolute Gasteiger partial charge is 0.251 e. The SMILES string of the molecule is O=C(NCC1Cc2cccc(-c3cncnc3)c2O1)c1ccc(N2CCCCC2)cc1. The number of ether oxygens (including phenoxy) is 1. The minimum absolute atomic E-state index is 0.0681. The van der Waals surface area contributed by atoms with Gasteiger partial charge in [0.05, 0.1) is 6.54 Å². The number of piperidine rings is 1. The second-order valence-corrected chi connectivity index (χ2v) is 8.17. The monoisotopic (exact) mass is 414 g/mol. The highest BCUT2D eigenvalue weighted by molar-refractivity contribution is 5.94. The Balaban J connectivity index is 1.20. The van der Waals surface area contributed by atoms with Crippen molar-refractivity contribution in [1.29, 1.82) is 0 Å². The Morgan fingerprint density at radius 1 is 1.03 bits per heavy atom. The lowest BCUT2D eigenvalue weighted by atomic mass is 10.0. The molecule has 2 aromatic carbocycles. The first-order valence-corrected chi connectivity index (χ1v) is 10.9. The Hall–Kier alpha value is -3.41. The predicted molar refractivity (Wildman–Crippen MR) is 120 cm³/mol. The van der Waals surface area contributed by atoms with Crippen molar-refractivity contribution in [2.75, 3.05) is 24.5 Å². The first kappa shape index (κ1) is 19.5. The molecule has 1 amide bonds. The van der Waals surface area contributed by atoms with Gasteiger partial charge >= 0.3 is 0 Å². The molecule has 1 unspecified atom stereocenters. The van der Waals surface area contributed by atoms with Crippen molar-refractivity contribution in [3.8, 4) is 16.9 Å². The summed E-state index contributed by atoms with van der Waals surface area (Å²) in [5.41, 5.74) is 4.94. The van der Waals surface area contributed by atoms with Crippen LogP contribution >= 0.6 is 0 Å². The van der Waals surface area contributed by atoms with Crippen molar-refractivity contribution in [3.63, 3.8) is 0 Å². The van der Waals surface area contributed by atoms with Gasteiger partial charge in [0.15, 0.2) is 0 Å². The van der Waals surface area contributed by atoms with Gasteiger partial charge in [0.2, 0.25) is 0 Å². The van der Waals surface area contributed by atoms with Crippen LogP contribution < -0.4 is 15.0 Å². The number of benzene rings is 2. The molecule has 6 heteroatoms. The van der Waals surface area contributed by atoms with E-state index in [1.807, 2.05) is 24.3 Å². The summed E-state index contributed by atoms with van der Waals surface area (Å²) >= 11 is 0. The molecule has 31 heavy (non-hydrogen) atoms. The molecule has 3 aromatic rings. The lowest BCUT2D eigenvalue weighted by molar-refractivity contribution is 0.0933. The number of carbonyl (C=O) groups excluding carboxylic acids is 1. The van der Waals surface area contributed by atoms with E-state index < -0.39 is 0 Å². The van der Waals surface area contributed by atoms with Crippen molar-refractivity contribution in [2.24, 2.45) is 0 Å².